The molecule has 0 bridgehead atoms. The van der Waals surface area contributed by atoms with Crippen molar-refractivity contribution in [3.05, 3.63) is 35.9 Å². The molecule has 0 atom stereocenters. The summed E-state index contributed by atoms with van der Waals surface area (Å²) >= 11 is 0. The van der Waals surface area contributed by atoms with Crippen LogP contribution in [-0.2, 0) is 4.74 Å². The van der Waals surface area contributed by atoms with Crippen LogP contribution in [0.3, 0.4) is 0 Å². The number of carbonyl (C=O) groups excluding carboxylic acids is 1. The van der Waals surface area contributed by atoms with Gasteiger partial charge in [0.2, 0.25) is 5.88 Å². The topological polar surface area (TPSA) is 59.4 Å². The molecule has 0 aliphatic rings. The van der Waals surface area contributed by atoms with E-state index < -0.39 is 0 Å². The van der Waals surface area contributed by atoms with Gasteiger partial charge in [0.15, 0.2) is 0 Å². The highest BCUT2D eigenvalue weighted by Gasteiger charge is 2.06. The Balaban J connectivity index is 2.57. The number of methoxy groups -OCH3 is 1. The van der Waals surface area contributed by atoms with E-state index in [0.29, 0.717) is 11.1 Å². The number of aromatic nitrogens is 1. The minimum Gasteiger partial charge on any atom is -0.493 e. The van der Waals surface area contributed by atoms with Gasteiger partial charge in [-0.2, -0.15) is 0 Å². The highest BCUT2D eigenvalue weighted by molar-refractivity contribution is 5.94. The van der Waals surface area contributed by atoms with Crippen LogP contribution in [0.2, 0.25) is 0 Å². The Morgan fingerprint density at radius 1 is 1.33 bits per heavy atom. The van der Waals surface area contributed by atoms with E-state index >= 15 is 0 Å². The van der Waals surface area contributed by atoms with Crippen molar-refractivity contribution in [3.8, 4) is 5.88 Å². The Bertz CT molecular complexity index is 522. The second kappa shape index (κ2) is 3.57. The van der Waals surface area contributed by atoms with Crippen molar-refractivity contribution >= 4 is 16.9 Å². The monoisotopic (exact) mass is 203 g/mol. The fraction of sp³-hybridized carbons (Fsp3) is 0.0909. The van der Waals surface area contributed by atoms with Crippen LogP contribution in [0, 0.1) is 0 Å². The van der Waals surface area contributed by atoms with Crippen LogP contribution in [-0.4, -0.2) is 23.2 Å². The van der Waals surface area contributed by atoms with Gasteiger partial charge in [0.25, 0.3) is 0 Å². The Morgan fingerprint density at radius 3 is 2.87 bits per heavy atom. The molecular weight excluding hydrogens is 194 g/mol. The number of aromatic hydroxyl groups is 1. The third-order valence-corrected chi connectivity index (χ3v) is 2.10. The van der Waals surface area contributed by atoms with Gasteiger partial charge in [0, 0.05) is 11.5 Å². The number of hydrogen-bond donors (Lipinski definition) is 1. The summed E-state index contributed by atoms with van der Waals surface area (Å²) in [5, 5.41) is 9.94. The van der Waals surface area contributed by atoms with E-state index in [9.17, 15) is 4.79 Å². The number of esters is 1. The van der Waals surface area contributed by atoms with Crippen molar-refractivity contribution in [1.82, 2.24) is 4.98 Å². The number of nitrogens with zero attached hydrogens (tertiary/aromatic N) is 1. The molecule has 1 aromatic heterocycles. The SMILES string of the molecule is COC(=O)c1ccc2nc(O)ccc2c1. The van der Waals surface area contributed by atoms with Gasteiger partial charge in [0.05, 0.1) is 18.2 Å². The Morgan fingerprint density at radius 2 is 2.13 bits per heavy atom. The molecule has 1 heterocycles. The van der Waals surface area contributed by atoms with E-state index in [-0.39, 0.29) is 11.8 Å². The van der Waals surface area contributed by atoms with E-state index in [2.05, 4.69) is 9.72 Å². The maximum absolute atomic E-state index is 11.2. The fourth-order valence-corrected chi connectivity index (χ4v) is 1.36. The first-order valence-electron chi connectivity index (χ1n) is 4.39. The minimum absolute atomic E-state index is 0.0340. The number of ether oxygens (including phenoxy) is 1. The van der Waals surface area contributed by atoms with Crippen LogP contribution in [0.25, 0.3) is 10.9 Å². The summed E-state index contributed by atoms with van der Waals surface area (Å²) in [7, 11) is 1.33. The Hall–Kier alpha value is -2.10. The predicted molar refractivity (Wildman–Crippen MR) is 54.7 cm³/mol. The maximum atomic E-state index is 11.2. The Kier molecular flexibility index (Phi) is 2.25. The molecule has 0 spiro atoms. The largest absolute Gasteiger partial charge is 0.493 e. The van der Waals surface area contributed by atoms with Gasteiger partial charge in [0.1, 0.15) is 0 Å². The van der Waals surface area contributed by atoms with Crippen molar-refractivity contribution in [2.45, 2.75) is 0 Å². The molecule has 0 aliphatic carbocycles. The molecule has 4 heteroatoms. The van der Waals surface area contributed by atoms with Gasteiger partial charge in [-0.25, -0.2) is 9.78 Å². The maximum Gasteiger partial charge on any atom is 0.337 e. The number of pyridine rings is 1. The molecule has 0 saturated carbocycles. The molecular formula is C11H9NO3. The highest BCUT2D eigenvalue weighted by Crippen LogP contribution is 2.17. The smallest absolute Gasteiger partial charge is 0.337 e. The highest BCUT2D eigenvalue weighted by atomic mass is 16.5. The fourth-order valence-electron chi connectivity index (χ4n) is 1.36. The van der Waals surface area contributed by atoms with Crippen molar-refractivity contribution < 1.29 is 14.6 Å². The number of hydrogen-bond acceptors (Lipinski definition) is 4. The summed E-state index contributed by atoms with van der Waals surface area (Å²) in [6, 6.07) is 8.13. The molecule has 76 valence electrons. The molecule has 0 radical (unpaired) electrons. The molecule has 1 aromatic carbocycles. The second-order valence-electron chi connectivity index (χ2n) is 3.07. The van der Waals surface area contributed by atoms with E-state index in [0.717, 1.165) is 5.39 Å². The molecule has 0 saturated heterocycles. The van der Waals surface area contributed by atoms with Crippen LogP contribution < -0.4 is 0 Å². The summed E-state index contributed by atoms with van der Waals surface area (Å²) < 4.78 is 4.60. The molecule has 2 rings (SSSR count). The van der Waals surface area contributed by atoms with Crippen LogP contribution in [0.1, 0.15) is 10.4 Å². The van der Waals surface area contributed by atoms with E-state index in [1.807, 2.05) is 0 Å². The summed E-state index contributed by atoms with van der Waals surface area (Å²) in [5.74, 6) is -0.418. The lowest BCUT2D eigenvalue weighted by Crippen LogP contribution is -2.00. The first-order chi connectivity index (χ1) is 7.20. The van der Waals surface area contributed by atoms with Crippen LogP contribution in [0.4, 0.5) is 0 Å². The van der Waals surface area contributed by atoms with E-state index in [4.69, 9.17) is 5.11 Å². The summed E-state index contributed by atoms with van der Waals surface area (Å²) in [4.78, 5) is 15.1. The average molecular weight is 203 g/mol. The van der Waals surface area contributed by atoms with Gasteiger partial charge in [-0.1, -0.05) is 0 Å². The number of carbonyl (C=O) groups is 1. The zero-order chi connectivity index (χ0) is 10.8. The summed E-state index contributed by atoms with van der Waals surface area (Å²) in [6.07, 6.45) is 0. The molecule has 4 nitrogen and oxygen atoms in total. The molecule has 0 fully saturated rings. The van der Waals surface area contributed by atoms with Crippen molar-refractivity contribution in [2.24, 2.45) is 0 Å². The Labute approximate surface area is 86.1 Å². The van der Waals surface area contributed by atoms with Crippen LogP contribution in [0.15, 0.2) is 30.3 Å². The van der Waals surface area contributed by atoms with Gasteiger partial charge < -0.3 is 9.84 Å². The number of benzene rings is 1. The standard InChI is InChI=1S/C11H9NO3/c1-15-11(14)8-2-4-9-7(6-8)3-5-10(13)12-9/h2-6H,1H3,(H,12,13). The molecule has 15 heavy (non-hydrogen) atoms. The molecule has 1 N–H and O–H groups in total. The second-order valence-corrected chi connectivity index (χ2v) is 3.07. The van der Waals surface area contributed by atoms with Gasteiger partial charge in [-0.05, 0) is 24.3 Å². The summed E-state index contributed by atoms with van der Waals surface area (Å²) in [6.45, 7) is 0. The first-order valence-corrected chi connectivity index (χ1v) is 4.39. The van der Waals surface area contributed by atoms with Crippen molar-refractivity contribution in [2.75, 3.05) is 7.11 Å². The zero-order valence-electron chi connectivity index (χ0n) is 8.10. The first kappa shape index (κ1) is 9.45. The quantitative estimate of drug-likeness (QED) is 0.717. The van der Waals surface area contributed by atoms with E-state index in [1.165, 1.54) is 13.2 Å². The van der Waals surface area contributed by atoms with Crippen LogP contribution in [0.5, 0.6) is 5.88 Å². The third-order valence-electron chi connectivity index (χ3n) is 2.10. The minimum atomic E-state index is -0.384. The van der Waals surface area contributed by atoms with Crippen molar-refractivity contribution in [3.63, 3.8) is 0 Å². The lowest BCUT2D eigenvalue weighted by Gasteiger charge is -2.01. The zero-order valence-corrected chi connectivity index (χ0v) is 8.10. The average Bonchev–Trinajstić information content (AvgIpc) is 2.27. The normalized spacial score (nSPS) is 10.2. The van der Waals surface area contributed by atoms with E-state index in [1.54, 1.807) is 24.3 Å². The van der Waals surface area contributed by atoms with Crippen molar-refractivity contribution in [1.29, 1.82) is 0 Å². The third kappa shape index (κ3) is 1.74. The molecule has 0 amide bonds. The lowest BCUT2D eigenvalue weighted by molar-refractivity contribution is 0.0601. The van der Waals surface area contributed by atoms with Gasteiger partial charge in [-0.15, -0.1) is 0 Å². The molecule has 0 unspecified atom stereocenters. The molecule has 2 aromatic rings. The molecule has 0 aliphatic heterocycles. The summed E-state index contributed by atoms with van der Waals surface area (Å²) in [5.41, 5.74) is 1.11. The van der Waals surface area contributed by atoms with Gasteiger partial charge in [-0.3, -0.25) is 0 Å². The number of fused-ring (bicyclic) bond motifs is 1. The van der Waals surface area contributed by atoms with Crippen LogP contribution >= 0.6 is 0 Å². The van der Waals surface area contributed by atoms with Gasteiger partial charge >= 0.3 is 5.97 Å². The number of rotatable bonds is 1. The predicted octanol–water partition coefficient (Wildman–Crippen LogP) is 1.73. The lowest BCUT2D eigenvalue weighted by atomic mass is 10.1.